The zero-order valence-corrected chi connectivity index (χ0v) is 18.2. The molecule has 0 aliphatic carbocycles. The van der Waals surface area contributed by atoms with E-state index >= 15 is 0 Å². The Bertz CT molecular complexity index is 1070. The third-order valence-corrected chi connectivity index (χ3v) is 5.17. The standard InChI is InChI=1S/C21H19ClF4N4O4/c22-15-9-14(5-6-16(15)23)17-11-30(7-8-34-17)20(33)27-10-12-1-3-13(4-2-12)18(31)28-29-19(32)21(24,25)26/h1-6,9,17H,7-8,10-11H2,(H,27,33)(H,28,31)(H,29,32). The van der Waals surface area contributed by atoms with Gasteiger partial charge in [-0.05, 0) is 35.4 Å². The maximum atomic E-state index is 13.4. The van der Waals surface area contributed by atoms with Crippen molar-refractivity contribution in [2.75, 3.05) is 19.7 Å². The molecular formula is C21H19ClF4N4O4. The SMILES string of the molecule is O=C(NNC(=O)C(F)(F)F)c1ccc(CNC(=O)N2CCOC(c3ccc(F)c(Cl)c3)C2)cc1. The zero-order chi connectivity index (χ0) is 24.9. The van der Waals surface area contributed by atoms with Crippen LogP contribution in [0.25, 0.3) is 0 Å². The highest BCUT2D eigenvalue weighted by atomic mass is 35.5. The molecule has 1 aliphatic heterocycles. The first kappa shape index (κ1) is 25.2. The highest BCUT2D eigenvalue weighted by Crippen LogP contribution is 2.26. The Morgan fingerprint density at radius 1 is 1.09 bits per heavy atom. The summed E-state index contributed by atoms with van der Waals surface area (Å²) in [5, 5.41) is 2.69. The maximum absolute atomic E-state index is 13.4. The van der Waals surface area contributed by atoms with Crippen LogP contribution in [0.5, 0.6) is 0 Å². The summed E-state index contributed by atoms with van der Waals surface area (Å²) in [6, 6.07) is 9.54. The largest absolute Gasteiger partial charge is 0.472 e. The number of alkyl halides is 3. The minimum absolute atomic E-state index is 0.00605. The van der Waals surface area contributed by atoms with Crippen LogP contribution in [0.3, 0.4) is 0 Å². The van der Waals surface area contributed by atoms with Crippen LogP contribution in [0.15, 0.2) is 42.5 Å². The molecule has 0 bridgehead atoms. The second-order valence-corrected chi connectivity index (χ2v) is 7.65. The van der Waals surface area contributed by atoms with Gasteiger partial charge in [-0.15, -0.1) is 0 Å². The average Bonchev–Trinajstić information content (AvgIpc) is 2.82. The lowest BCUT2D eigenvalue weighted by Gasteiger charge is -2.33. The van der Waals surface area contributed by atoms with E-state index in [9.17, 15) is 31.9 Å². The molecule has 1 unspecified atom stereocenters. The van der Waals surface area contributed by atoms with E-state index < -0.39 is 29.9 Å². The molecular weight excluding hydrogens is 484 g/mol. The Balaban J connectivity index is 1.50. The molecule has 1 heterocycles. The smallest absolute Gasteiger partial charge is 0.370 e. The minimum atomic E-state index is -5.12. The van der Waals surface area contributed by atoms with Gasteiger partial charge in [0.05, 0.1) is 18.2 Å². The monoisotopic (exact) mass is 502 g/mol. The third-order valence-electron chi connectivity index (χ3n) is 4.88. The van der Waals surface area contributed by atoms with Crippen LogP contribution in [0.4, 0.5) is 22.4 Å². The lowest BCUT2D eigenvalue weighted by Crippen LogP contribution is -2.47. The van der Waals surface area contributed by atoms with Gasteiger partial charge in [0.25, 0.3) is 5.91 Å². The normalized spacial score (nSPS) is 16.0. The van der Waals surface area contributed by atoms with Crippen molar-refractivity contribution in [2.24, 2.45) is 0 Å². The number of hydrazine groups is 1. The molecule has 1 aliphatic rings. The molecule has 0 saturated carbocycles. The van der Waals surface area contributed by atoms with Crippen molar-refractivity contribution in [1.82, 2.24) is 21.1 Å². The van der Waals surface area contributed by atoms with Gasteiger partial charge in [-0.2, -0.15) is 13.2 Å². The molecule has 8 nitrogen and oxygen atoms in total. The van der Waals surface area contributed by atoms with E-state index in [-0.39, 0.29) is 36.3 Å². The Labute approximate surface area is 196 Å². The van der Waals surface area contributed by atoms with Crippen LogP contribution in [0.1, 0.15) is 27.6 Å². The van der Waals surface area contributed by atoms with Crippen molar-refractivity contribution in [3.8, 4) is 0 Å². The van der Waals surface area contributed by atoms with Crippen molar-refractivity contribution in [3.05, 3.63) is 70.0 Å². The zero-order valence-electron chi connectivity index (χ0n) is 17.4. The van der Waals surface area contributed by atoms with Crippen LogP contribution < -0.4 is 16.2 Å². The van der Waals surface area contributed by atoms with E-state index in [1.807, 2.05) is 0 Å². The summed E-state index contributed by atoms with van der Waals surface area (Å²) in [6.07, 6.45) is -5.59. The van der Waals surface area contributed by atoms with Gasteiger partial charge in [-0.1, -0.05) is 29.8 Å². The van der Waals surface area contributed by atoms with Crippen molar-refractivity contribution < 1.29 is 36.7 Å². The summed E-state index contributed by atoms with van der Waals surface area (Å²) in [5.74, 6) is -3.79. The van der Waals surface area contributed by atoms with Crippen LogP contribution in [-0.2, 0) is 16.1 Å². The summed E-state index contributed by atoms with van der Waals surface area (Å²) in [5.41, 5.74) is 4.21. The Morgan fingerprint density at radius 2 is 1.79 bits per heavy atom. The van der Waals surface area contributed by atoms with Gasteiger partial charge in [0.15, 0.2) is 0 Å². The van der Waals surface area contributed by atoms with Crippen LogP contribution in [0, 0.1) is 5.82 Å². The third kappa shape index (κ3) is 6.58. The van der Waals surface area contributed by atoms with Gasteiger partial charge < -0.3 is 15.0 Å². The van der Waals surface area contributed by atoms with E-state index in [2.05, 4.69) is 5.32 Å². The lowest BCUT2D eigenvalue weighted by molar-refractivity contribution is -0.174. The number of nitrogens with one attached hydrogen (secondary N) is 3. The maximum Gasteiger partial charge on any atom is 0.472 e. The van der Waals surface area contributed by atoms with Gasteiger partial charge in [0.2, 0.25) is 0 Å². The Kier molecular flexibility index (Phi) is 7.94. The van der Waals surface area contributed by atoms with Gasteiger partial charge >= 0.3 is 18.1 Å². The fourth-order valence-corrected chi connectivity index (χ4v) is 3.26. The predicted molar refractivity (Wildman–Crippen MR) is 112 cm³/mol. The number of morpholine rings is 1. The number of nitrogens with zero attached hydrogens (tertiary/aromatic N) is 1. The second-order valence-electron chi connectivity index (χ2n) is 7.24. The number of carbonyl (C=O) groups is 3. The predicted octanol–water partition coefficient (Wildman–Crippen LogP) is 3.09. The summed E-state index contributed by atoms with van der Waals surface area (Å²) in [7, 11) is 0. The molecule has 3 rings (SSSR count). The van der Waals surface area contributed by atoms with Gasteiger partial charge in [-0.25, -0.2) is 9.18 Å². The summed E-state index contributed by atoms with van der Waals surface area (Å²) in [4.78, 5) is 36.7. The van der Waals surface area contributed by atoms with E-state index in [4.69, 9.17) is 16.3 Å². The molecule has 2 aromatic carbocycles. The number of hydrogen-bond donors (Lipinski definition) is 3. The molecule has 1 fully saturated rings. The highest BCUT2D eigenvalue weighted by Gasteiger charge is 2.39. The van der Waals surface area contributed by atoms with Gasteiger partial charge in [-0.3, -0.25) is 20.4 Å². The minimum Gasteiger partial charge on any atom is -0.370 e. The number of halogens is 5. The quantitative estimate of drug-likeness (QED) is 0.442. The number of rotatable bonds is 4. The fraction of sp³-hybridized carbons (Fsp3) is 0.286. The first-order valence-corrected chi connectivity index (χ1v) is 10.3. The number of urea groups is 1. The molecule has 182 valence electrons. The number of benzene rings is 2. The lowest BCUT2D eigenvalue weighted by atomic mass is 10.1. The Hall–Kier alpha value is -3.38. The summed E-state index contributed by atoms with van der Waals surface area (Å²) < 4.78 is 55.5. The average molecular weight is 503 g/mol. The van der Waals surface area contributed by atoms with E-state index in [0.717, 1.165) is 0 Å². The molecule has 2 aromatic rings. The van der Waals surface area contributed by atoms with Crippen LogP contribution in [-0.4, -0.2) is 48.6 Å². The van der Waals surface area contributed by atoms with E-state index in [1.165, 1.54) is 46.7 Å². The molecule has 1 saturated heterocycles. The molecule has 1 atom stereocenters. The number of carbonyl (C=O) groups excluding carboxylic acids is 3. The van der Waals surface area contributed by atoms with E-state index in [1.54, 1.807) is 11.5 Å². The van der Waals surface area contributed by atoms with Crippen molar-refractivity contribution >= 4 is 29.4 Å². The molecule has 3 N–H and O–H groups in total. The first-order chi connectivity index (χ1) is 16.0. The van der Waals surface area contributed by atoms with E-state index in [0.29, 0.717) is 17.7 Å². The molecule has 0 spiro atoms. The van der Waals surface area contributed by atoms with Gasteiger partial charge in [0.1, 0.15) is 11.9 Å². The molecule has 34 heavy (non-hydrogen) atoms. The molecule has 0 aromatic heterocycles. The van der Waals surface area contributed by atoms with Crippen molar-refractivity contribution in [3.63, 3.8) is 0 Å². The van der Waals surface area contributed by atoms with Crippen LogP contribution >= 0.6 is 11.6 Å². The van der Waals surface area contributed by atoms with Gasteiger partial charge in [0, 0.05) is 18.7 Å². The Morgan fingerprint density at radius 3 is 2.44 bits per heavy atom. The highest BCUT2D eigenvalue weighted by molar-refractivity contribution is 6.30. The molecule has 13 heteroatoms. The summed E-state index contributed by atoms with van der Waals surface area (Å²) >= 11 is 5.82. The van der Waals surface area contributed by atoms with Crippen molar-refractivity contribution in [2.45, 2.75) is 18.8 Å². The molecule has 4 amide bonds. The molecule has 0 radical (unpaired) electrons. The number of hydrogen-bond acceptors (Lipinski definition) is 4. The number of ether oxygens (including phenoxy) is 1. The van der Waals surface area contributed by atoms with Crippen molar-refractivity contribution in [1.29, 1.82) is 0 Å². The fourth-order valence-electron chi connectivity index (χ4n) is 3.07. The topological polar surface area (TPSA) is 99.8 Å². The summed E-state index contributed by atoms with van der Waals surface area (Å²) in [6.45, 7) is 0.980. The first-order valence-electron chi connectivity index (χ1n) is 9.90. The number of amides is 4. The second kappa shape index (κ2) is 10.7. The van der Waals surface area contributed by atoms with Crippen LogP contribution in [0.2, 0.25) is 5.02 Å².